The zero-order valence-electron chi connectivity index (χ0n) is 15.5. The van der Waals surface area contributed by atoms with Crippen LogP contribution < -0.4 is 5.32 Å². The van der Waals surface area contributed by atoms with Gasteiger partial charge in [0.2, 0.25) is 0 Å². The van der Waals surface area contributed by atoms with Crippen LogP contribution in [0.2, 0.25) is 0 Å². The number of fused-ring (bicyclic) bond motifs is 1. The van der Waals surface area contributed by atoms with Crippen LogP contribution in [-0.4, -0.2) is 67.3 Å². The van der Waals surface area contributed by atoms with Crippen molar-refractivity contribution < 1.29 is 9.53 Å². The van der Waals surface area contributed by atoms with E-state index in [1.54, 1.807) is 0 Å². The van der Waals surface area contributed by atoms with E-state index in [9.17, 15) is 4.79 Å². The normalized spacial score (nSPS) is 24.6. The molecule has 5 heteroatoms. The van der Waals surface area contributed by atoms with Gasteiger partial charge in [0.05, 0.1) is 12.7 Å². The van der Waals surface area contributed by atoms with Gasteiger partial charge in [-0.2, -0.15) is 0 Å². The van der Waals surface area contributed by atoms with E-state index >= 15 is 0 Å². The van der Waals surface area contributed by atoms with Crippen molar-refractivity contribution in [3.05, 3.63) is 35.9 Å². The summed E-state index contributed by atoms with van der Waals surface area (Å²) in [5.74, 6) is 0. The van der Waals surface area contributed by atoms with Crippen LogP contribution in [0.4, 0.5) is 4.79 Å². The summed E-state index contributed by atoms with van der Waals surface area (Å²) in [6, 6.07) is 11.2. The first kappa shape index (κ1) is 18.2. The van der Waals surface area contributed by atoms with E-state index in [0.29, 0.717) is 12.6 Å². The number of ether oxygens (including phenoxy) is 1. The molecule has 138 valence electrons. The molecule has 0 unspecified atom stereocenters. The molecular formula is C20H31N3O2. The number of amides is 2. The van der Waals surface area contributed by atoms with Crippen molar-refractivity contribution in [1.82, 2.24) is 15.1 Å². The van der Waals surface area contributed by atoms with Crippen molar-refractivity contribution in [2.24, 2.45) is 0 Å². The lowest BCUT2D eigenvalue weighted by atomic mass is 10.0. The first-order valence-corrected chi connectivity index (χ1v) is 9.57. The second-order valence-electron chi connectivity index (χ2n) is 7.30. The summed E-state index contributed by atoms with van der Waals surface area (Å²) in [5, 5.41) is 3.07. The van der Waals surface area contributed by atoms with Gasteiger partial charge in [-0.05, 0) is 37.8 Å². The summed E-state index contributed by atoms with van der Waals surface area (Å²) in [4.78, 5) is 16.9. The van der Waals surface area contributed by atoms with Gasteiger partial charge in [-0.25, -0.2) is 4.79 Å². The Morgan fingerprint density at radius 2 is 2.20 bits per heavy atom. The molecule has 1 aromatic carbocycles. The van der Waals surface area contributed by atoms with Crippen molar-refractivity contribution in [2.45, 2.75) is 50.8 Å². The fourth-order valence-corrected chi connectivity index (χ4v) is 3.94. The third-order valence-corrected chi connectivity index (χ3v) is 5.60. The fourth-order valence-electron chi connectivity index (χ4n) is 3.94. The number of likely N-dealkylation sites (N-methyl/N-ethyl adjacent to an activating group) is 1. The van der Waals surface area contributed by atoms with E-state index in [1.807, 2.05) is 30.1 Å². The molecule has 0 radical (unpaired) electrons. The van der Waals surface area contributed by atoms with Crippen LogP contribution in [0.15, 0.2) is 30.3 Å². The second kappa shape index (κ2) is 8.68. The Labute approximate surface area is 151 Å². The predicted molar refractivity (Wildman–Crippen MR) is 99.7 cm³/mol. The molecule has 25 heavy (non-hydrogen) atoms. The maximum atomic E-state index is 12.5. The van der Waals surface area contributed by atoms with Crippen LogP contribution in [0.25, 0.3) is 0 Å². The molecule has 0 aromatic heterocycles. The van der Waals surface area contributed by atoms with Gasteiger partial charge in [-0.3, -0.25) is 4.90 Å². The zero-order chi connectivity index (χ0) is 17.6. The highest BCUT2D eigenvalue weighted by Gasteiger charge is 2.32. The summed E-state index contributed by atoms with van der Waals surface area (Å²) in [7, 11) is 1.89. The van der Waals surface area contributed by atoms with Crippen LogP contribution >= 0.6 is 0 Å². The van der Waals surface area contributed by atoms with Gasteiger partial charge in [-0.1, -0.05) is 37.3 Å². The number of morpholine rings is 1. The Morgan fingerprint density at radius 1 is 1.40 bits per heavy atom. The van der Waals surface area contributed by atoms with Gasteiger partial charge < -0.3 is 15.0 Å². The van der Waals surface area contributed by atoms with Crippen LogP contribution in [0, 0.1) is 0 Å². The Hall–Kier alpha value is -1.59. The number of hydrogen-bond donors (Lipinski definition) is 1. The first-order valence-electron chi connectivity index (χ1n) is 9.57. The quantitative estimate of drug-likeness (QED) is 0.862. The molecule has 0 saturated carbocycles. The van der Waals surface area contributed by atoms with Crippen LogP contribution in [0.1, 0.15) is 31.7 Å². The van der Waals surface area contributed by atoms with Gasteiger partial charge in [0.25, 0.3) is 0 Å². The largest absolute Gasteiger partial charge is 0.373 e. The maximum Gasteiger partial charge on any atom is 0.317 e. The maximum absolute atomic E-state index is 12.5. The average molecular weight is 345 g/mol. The van der Waals surface area contributed by atoms with Crippen molar-refractivity contribution in [2.75, 3.05) is 33.3 Å². The molecule has 2 aliphatic rings. The minimum absolute atomic E-state index is 0.00470. The highest BCUT2D eigenvalue weighted by atomic mass is 16.5. The molecule has 2 heterocycles. The number of carbonyl (C=O) groups excluding carboxylic acids is 1. The third-order valence-electron chi connectivity index (χ3n) is 5.60. The standard InChI is InChI=1S/C20H31N3O2/c1-3-17(12-16-8-5-4-6-9-16)22(2)20(24)21-13-19-14-23-11-7-10-18(23)15-25-19/h4-6,8-9,17-19H,3,7,10-15H2,1-2H3,(H,21,24)/t17-,18-,19+/m1/s1. The van der Waals surface area contributed by atoms with Crippen molar-refractivity contribution in [1.29, 1.82) is 0 Å². The molecule has 2 saturated heterocycles. The molecule has 3 rings (SSSR count). The smallest absolute Gasteiger partial charge is 0.317 e. The lowest BCUT2D eigenvalue weighted by Gasteiger charge is -2.35. The van der Waals surface area contributed by atoms with Gasteiger partial charge >= 0.3 is 6.03 Å². The van der Waals surface area contributed by atoms with Crippen LogP contribution in [-0.2, 0) is 11.2 Å². The lowest BCUT2D eigenvalue weighted by Crippen LogP contribution is -2.52. The molecule has 1 aromatic rings. The van der Waals surface area contributed by atoms with Gasteiger partial charge in [0.1, 0.15) is 0 Å². The SMILES string of the molecule is CC[C@H](Cc1ccccc1)N(C)C(=O)NC[C@H]1CN2CCC[C@@H]2CO1. The topological polar surface area (TPSA) is 44.8 Å². The lowest BCUT2D eigenvalue weighted by molar-refractivity contribution is -0.0461. The van der Waals surface area contributed by atoms with Gasteiger partial charge in [0, 0.05) is 32.2 Å². The summed E-state index contributed by atoms with van der Waals surface area (Å²) >= 11 is 0. The molecule has 2 amide bonds. The number of hydrogen-bond acceptors (Lipinski definition) is 3. The highest BCUT2D eigenvalue weighted by molar-refractivity contribution is 5.74. The van der Waals surface area contributed by atoms with Crippen molar-refractivity contribution in [3.8, 4) is 0 Å². The monoisotopic (exact) mass is 345 g/mol. The molecule has 5 nitrogen and oxygen atoms in total. The zero-order valence-corrected chi connectivity index (χ0v) is 15.5. The minimum Gasteiger partial charge on any atom is -0.373 e. The summed E-state index contributed by atoms with van der Waals surface area (Å²) < 4.78 is 5.93. The fraction of sp³-hybridized carbons (Fsp3) is 0.650. The molecule has 1 N–H and O–H groups in total. The number of benzene rings is 1. The molecule has 0 spiro atoms. The van der Waals surface area contributed by atoms with E-state index in [1.165, 1.54) is 24.9 Å². The van der Waals surface area contributed by atoms with Gasteiger partial charge in [-0.15, -0.1) is 0 Å². The molecular weight excluding hydrogens is 314 g/mol. The number of carbonyl (C=O) groups is 1. The predicted octanol–water partition coefficient (Wildman–Crippen LogP) is 2.51. The van der Waals surface area contributed by atoms with Gasteiger partial charge in [0.15, 0.2) is 0 Å². The molecule has 0 bridgehead atoms. The number of rotatable bonds is 6. The van der Waals surface area contributed by atoms with E-state index in [-0.39, 0.29) is 18.2 Å². The number of urea groups is 1. The summed E-state index contributed by atoms with van der Waals surface area (Å²) in [6.45, 7) is 5.65. The molecule has 2 aliphatic heterocycles. The van der Waals surface area contributed by atoms with E-state index in [2.05, 4.69) is 29.3 Å². The Kier molecular flexibility index (Phi) is 6.32. The van der Waals surface area contributed by atoms with Crippen LogP contribution in [0.5, 0.6) is 0 Å². The summed E-state index contributed by atoms with van der Waals surface area (Å²) in [5.41, 5.74) is 1.27. The first-order chi connectivity index (χ1) is 12.2. The molecule has 2 fully saturated rings. The third kappa shape index (κ3) is 4.73. The second-order valence-corrected chi connectivity index (χ2v) is 7.30. The Bertz CT molecular complexity index is 551. The van der Waals surface area contributed by atoms with Crippen molar-refractivity contribution >= 4 is 6.03 Å². The average Bonchev–Trinajstić information content (AvgIpc) is 3.12. The molecule has 3 atom stereocenters. The van der Waals surface area contributed by atoms with Crippen molar-refractivity contribution in [3.63, 3.8) is 0 Å². The number of nitrogens with zero attached hydrogens (tertiary/aromatic N) is 2. The summed E-state index contributed by atoms with van der Waals surface area (Å²) in [6.07, 6.45) is 4.46. The van der Waals surface area contributed by atoms with E-state index < -0.39 is 0 Å². The highest BCUT2D eigenvalue weighted by Crippen LogP contribution is 2.22. The Balaban J connectivity index is 1.46. The van der Waals surface area contributed by atoms with E-state index in [4.69, 9.17) is 4.74 Å². The minimum atomic E-state index is -0.00470. The Morgan fingerprint density at radius 3 is 2.96 bits per heavy atom. The number of nitrogens with one attached hydrogen (secondary N) is 1. The van der Waals surface area contributed by atoms with Crippen LogP contribution in [0.3, 0.4) is 0 Å². The van der Waals surface area contributed by atoms with E-state index in [0.717, 1.165) is 26.0 Å². The molecule has 0 aliphatic carbocycles.